The number of hydrogen-bond donors (Lipinski definition) is 3. The van der Waals surface area contributed by atoms with E-state index in [0.717, 1.165) is 5.56 Å². The van der Waals surface area contributed by atoms with Crippen LogP contribution in [0.15, 0.2) is 36.4 Å². The molecule has 136 valence electrons. The van der Waals surface area contributed by atoms with Crippen molar-refractivity contribution in [2.75, 3.05) is 11.9 Å². The summed E-state index contributed by atoms with van der Waals surface area (Å²) >= 11 is 12.1. The van der Waals surface area contributed by atoms with E-state index in [4.69, 9.17) is 23.2 Å². The monoisotopic (exact) mass is 394 g/mol. The average molecular weight is 395 g/mol. The van der Waals surface area contributed by atoms with Crippen LogP contribution in [0, 0.1) is 5.82 Å². The van der Waals surface area contributed by atoms with E-state index >= 15 is 0 Å². The predicted molar refractivity (Wildman–Crippen MR) is 99.2 cm³/mol. The number of halogens is 3. The van der Waals surface area contributed by atoms with Crippen LogP contribution in [0.4, 0.5) is 10.1 Å². The molecule has 0 unspecified atom stereocenters. The number of amides is 1. The Bertz CT molecular complexity index is 892. The zero-order valence-electron chi connectivity index (χ0n) is 13.7. The van der Waals surface area contributed by atoms with Crippen molar-refractivity contribution in [3.8, 4) is 0 Å². The molecule has 2 heterocycles. The van der Waals surface area contributed by atoms with Crippen LogP contribution in [0.5, 0.6) is 0 Å². The molecule has 26 heavy (non-hydrogen) atoms. The summed E-state index contributed by atoms with van der Waals surface area (Å²) in [5.41, 5.74) is 0.623. The number of benzene rings is 2. The molecular formula is C19H17Cl2FN2O2. The van der Waals surface area contributed by atoms with Crippen molar-refractivity contribution in [2.24, 2.45) is 0 Å². The molecule has 1 fully saturated rings. The fourth-order valence-corrected chi connectivity index (χ4v) is 4.59. The third kappa shape index (κ3) is 2.54. The lowest BCUT2D eigenvalue weighted by atomic mass is 9.76. The second-order valence-electron chi connectivity index (χ2n) is 6.74. The molecule has 3 atom stereocenters. The molecule has 4 nitrogen and oxygen atoms in total. The van der Waals surface area contributed by atoms with E-state index in [9.17, 15) is 14.3 Å². The average Bonchev–Trinajstić information content (AvgIpc) is 3.10. The third-order valence-corrected chi connectivity index (χ3v) is 5.85. The summed E-state index contributed by atoms with van der Waals surface area (Å²) in [5.74, 6) is -1.22. The summed E-state index contributed by atoms with van der Waals surface area (Å²) in [7, 11) is 0. The van der Waals surface area contributed by atoms with Gasteiger partial charge in [-0.05, 0) is 36.6 Å². The Kier molecular flexibility index (Phi) is 4.43. The van der Waals surface area contributed by atoms with Crippen LogP contribution in [-0.4, -0.2) is 23.7 Å². The summed E-state index contributed by atoms with van der Waals surface area (Å²) in [6, 6.07) is 9.91. The molecule has 1 spiro atoms. The van der Waals surface area contributed by atoms with Crippen LogP contribution < -0.4 is 10.6 Å². The number of carbonyl (C=O) groups is 1. The Hall–Kier alpha value is -1.66. The highest BCUT2D eigenvalue weighted by atomic mass is 35.5. The number of hydrogen-bond acceptors (Lipinski definition) is 3. The number of nitrogens with one attached hydrogen (secondary N) is 2. The van der Waals surface area contributed by atoms with Gasteiger partial charge in [-0.25, -0.2) is 4.39 Å². The van der Waals surface area contributed by atoms with Gasteiger partial charge in [0.05, 0.1) is 5.02 Å². The molecule has 2 aliphatic heterocycles. The summed E-state index contributed by atoms with van der Waals surface area (Å²) in [6.07, 6.45) is 0.976. The van der Waals surface area contributed by atoms with Crippen LogP contribution in [0.25, 0.3) is 0 Å². The molecule has 2 aromatic carbocycles. The van der Waals surface area contributed by atoms with Crippen molar-refractivity contribution in [1.29, 1.82) is 0 Å². The van der Waals surface area contributed by atoms with Gasteiger partial charge >= 0.3 is 0 Å². The second kappa shape index (κ2) is 6.50. The molecule has 2 aromatic rings. The topological polar surface area (TPSA) is 61.4 Å². The molecule has 0 aromatic heterocycles. The number of anilines is 1. The SMILES string of the molecule is O=C1Nc2cc(Cl)ccc2[C@]12N[C@@H](CCO)C[C@@H]2c1cccc(Cl)c1F. The highest BCUT2D eigenvalue weighted by Gasteiger charge is 2.58. The molecule has 3 N–H and O–H groups in total. The fourth-order valence-electron chi connectivity index (χ4n) is 4.23. The van der Waals surface area contributed by atoms with Gasteiger partial charge in [-0.2, -0.15) is 0 Å². The zero-order valence-corrected chi connectivity index (χ0v) is 15.2. The maximum atomic E-state index is 14.8. The molecule has 1 amide bonds. The van der Waals surface area contributed by atoms with Crippen molar-refractivity contribution in [3.05, 3.63) is 63.4 Å². The van der Waals surface area contributed by atoms with Crippen LogP contribution in [0.3, 0.4) is 0 Å². The van der Waals surface area contributed by atoms with Gasteiger partial charge in [-0.1, -0.05) is 41.4 Å². The van der Waals surface area contributed by atoms with Gasteiger partial charge in [0.15, 0.2) is 0 Å². The van der Waals surface area contributed by atoms with Gasteiger partial charge in [0.1, 0.15) is 11.4 Å². The minimum absolute atomic E-state index is 0.0202. The Morgan fingerprint density at radius 1 is 1.27 bits per heavy atom. The first-order chi connectivity index (χ1) is 12.5. The quantitative estimate of drug-likeness (QED) is 0.741. The molecule has 4 rings (SSSR count). The van der Waals surface area contributed by atoms with Crippen molar-refractivity contribution < 1.29 is 14.3 Å². The summed E-state index contributed by atoms with van der Waals surface area (Å²) in [6.45, 7) is -0.0202. The Labute approximate surface area is 160 Å². The lowest BCUT2D eigenvalue weighted by Gasteiger charge is -2.30. The van der Waals surface area contributed by atoms with E-state index in [1.807, 2.05) is 0 Å². The first kappa shape index (κ1) is 17.7. The smallest absolute Gasteiger partial charge is 0.250 e. The van der Waals surface area contributed by atoms with Crippen LogP contribution in [0.1, 0.15) is 29.9 Å². The largest absolute Gasteiger partial charge is 0.396 e. The van der Waals surface area contributed by atoms with Gasteiger partial charge in [-0.15, -0.1) is 0 Å². The van der Waals surface area contributed by atoms with Crippen molar-refractivity contribution >= 4 is 34.8 Å². The lowest BCUT2D eigenvalue weighted by molar-refractivity contribution is -0.122. The van der Waals surface area contributed by atoms with E-state index in [1.165, 1.54) is 6.07 Å². The Morgan fingerprint density at radius 2 is 2.08 bits per heavy atom. The molecular weight excluding hydrogens is 378 g/mol. The fraction of sp³-hybridized carbons (Fsp3) is 0.316. The van der Waals surface area contributed by atoms with Gasteiger partial charge < -0.3 is 10.4 Å². The zero-order chi connectivity index (χ0) is 18.5. The Balaban J connectivity index is 1.90. The summed E-state index contributed by atoms with van der Waals surface area (Å²) in [4.78, 5) is 13.1. The molecule has 2 aliphatic rings. The Morgan fingerprint density at radius 3 is 2.85 bits per heavy atom. The normalized spacial score (nSPS) is 27.0. The minimum Gasteiger partial charge on any atom is -0.396 e. The molecule has 0 aliphatic carbocycles. The first-order valence-corrected chi connectivity index (χ1v) is 9.17. The third-order valence-electron chi connectivity index (χ3n) is 5.32. The van der Waals surface area contributed by atoms with E-state index in [0.29, 0.717) is 29.1 Å². The van der Waals surface area contributed by atoms with Crippen LogP contribution >= 0.6 is 23.2 Å². The van der Waals surface area contributed by atoms with Gasteiger partial charge in [-0.3, -0.25) is 10.1 Å². The molecule has 0 saturated carbocycles. The van der Waals surface area contributed by atoms with Crippen molar-refractivity contribution in [1.82, 2.24) is 5.32 Å². The maximum Gasteiger partial charge on any atom is 0.250 e. The highest BCUT2D eigenvalue weighted by Crippen LogP contribution is 2.52. The van der Waals surface area contributed by atoms with E-state index in [2.05, 4.69) is 10.6 Å². The van der Waals surface area contributed by atoms with E-state index < -0.39 is 17.3 Å². The highest BCUT2D eigenvalue weighted by molar-refractivity contribution is 6.31. The molecule has 0 radical (unpaired) electrons. The van der Waals surface area contributed by atoms with E-state index in [-0.39, 0.29) is 23.6 Å². The molecule has 0 bridgehead atoms. The number of rotatable bonds is 3. The number of aliphatic hydroxyl groups is 1. The van der Waals surface area contributed by atoms with Crippen molar-refractivity contribution in [2.45, 2.75) is 30.3 Å². The van der Waals surface area contributed by atoms with Crippen molar-refractivity contribution in [3.63, 3.8) is 0 Å². The lowest BCUT2D eigenvalue weighted by Crippen LogP contribution is -2.49. The first-order valence-electron chi connectivity index (χ1n) is 8.41. The van der Waals surface area contributed by atoms with Gasteiger partial charge in [0, 0.05) is 34.8 Å². The number of fused-ring (bicyclic) bond motifs is 2. The van der Waals surface area contributed by atoms with E-state index in [1.54, 1.807) is 30.3 Å². The van der Waals surface area contributed by atoms with Gasteiger partial charge in [0.2, 0.25) is 5.91 Å². The second-order valence-corrected chi connectivity index (χ2v) is 7.58. The summed E-state index contributed by atoms with van der Waals surface area (Å²) < 4.78 is 14.8. The molecule has 1 saturated heterocycles. The number of aliphatic hydroxyl groups excluding tert-OH is 1. The van der Waals surface area contributed by atoms with Gasteiger partial charge in [0.25, 0.3) is 0 Å². The molecule has 7 heteroatoms. The summed E-state index contributed by atoms with van der Waals surface area (Å²) in [5, 5.41) is 16.1. The standard InChI is InChI=1S/C19H17Cl2FN2O2/c20-10-4-5-13-16(8-10)23-18(26)19(13)14(9-11(24-19)6-7-25)12-2-1-3-15(21)17(12)22/h1-5,8,11,14,24-25H,6-7,9H2,(H,23,26)/t11-,14+,19+/m0/s1. The number of carbonyl (C=O) groups excluding carboxylic acids is 1. The predicted octanol–water partition coefficient (Wildman–Crippen LogP) is 3.81. The maximum absolute atomic E-state index is 14.8. The van der Waals surface area contributed by atoms with Crippen LogP contribution in [0.2, 0.25) is 10.0 Å². The minimum atomic E-state index is -1.12. The van der Waals surface area contributed by atoms with Crippen LogP contribution in [-0.2, 0) is 10.3 Å².